The van der Waals surface area contributed by atoms with Gasteiger partial charge in [-0.1, -0.05) is 30.3 Å². The first kappa shape index (κ1) is 15.5. The second-order valence-electron chi connectivity index (χ2n) is 5.68. The van der Waals surface area contributed by atoms with Gasteiger partial charge in [-0.3, -0.25) is 14.5 Å². The van der Waals surface area contributed by atoms with Gasteiger partial charge in [-0.2, -0.15) is 0 Å². The molecule has 0 bridgehead atoms. The number of amides is 1. The van der Waals surface area contributed by atoms with E-state index in [0.29, 0.717) is 19.6 Å². The lowest BCUT2D eigenvalue weighted by Crippen LogP contribution is -2.58. The van der Waals surface area contributed by atoms with Crippen LogP contribution in [-0.2, 0) is 16.1 Å². The first-order valence-corrected chi connectivity index (χ1v) is 7.24. The maximum Gasteiger partial charge on any atom is 0.305 e. The molecule has 114 valence electrons. The Labute approximate surface area is 125 Å². The van der Waals surface area contributed by atoms with Crippen LogP contribution in [0.25, 0.3) is 0 Å². The summed E-state index contributed by atoms with van der Waals surface area (Å²) in [5.74, 6) is -0.813. The molecule has 1 aromatic rings. The fourth-order valence-electron chi connectivity index (χ4n) is 2.94. The summed E-state index contributed by atoms with van der Waals surface area (Å²) in [5.41, 5.74) is 1.16. The Balaban J connectivity index is 2.15. The van der Waals surface area contributed by atoms with E-state index >= 15 is 0 Å². The van der Waals surface area contributed by atoms with Gasteiger partial charge in [0, 0.05) is 38.6 Å². The molecule has 0 spiro atoms. The van der Waals surface area contributed by atoms with Crippen LogP contribution in [0.2, 0.25) is 0 Å². The Morgan fingerprint density at radius 1 is 1.24 bits per heavy atom. The summed E-state index contributed by atoms with van der Waals surface area (Å²) in [7, 11) is 0. The van der Waals surface area contributed by atoms with Crippen molar-refractivity contribution in [1.29, 1.82) is 0 Å². The number of carbonyl (C=O) groups is 2. The minimum atomic E-state index is -0.823. The Morgan fingerprint density at radius 3 is 2.48 bits per heavy atom. The SMILES string of the molecule is CC(=O)N1C[C@@H](CC(=O)O)N(Cc2ccccc2)[C@@H](C)C1. The monoisotopic (exact) mass is 290 g/mol. The largest absolute Gasteiger partial charge is 0.481 e. The second kappa shape index (κ2) is 6.72. The third kappa shape index (κ3) is 4.04. The topological polar surface area (TPSA) is 60.9 Å². The van der Waals surface area contributed by atoms with E-state index in [0.717, 1.165) is 5.56 Å². The molecule has 2 atom stereocenters. The van der Waals surface area contributed by atoms with Crippen molar-refractivity contribution in [3.63, 3.8) is 0 Å². The maximum atomic E-state index is 11.6. The van der Waals surface area contributed by atoms with Crippen LogP contribution < -0.4 is 0 Å². The van der Waals surface area contributed by atoms with Gasteiger partial charge in [0.1, 0.15) is 0 Å². The van der Waals surface area contributed by atoms with Gasteiger partial charge in [-0.05, 0) is 12.5 Å². The van der Waals surface area contributed by atoms with E-state index < -0.39 is 5.97 Å². The van der Waals surface area contributed by atoms with Crippen LogP contribution in [0.15, 0.2) is 30.3 Å². The van der Waals surface area contributed by atoms with Crippen molar-refractivity contribution in [3.8, 4) is 0 Å². The van der Waals surface area contributed by atoms with Crippen LogP contribution in [0, 0.1) is 0 Å². The molecule has 21 heavy (non-hydrogen) atoms. The Bertz CT molecular complexity index is 504. The molecule has 0 radical (unpaired) electrons. The highest BCUT2D eigenvalue weighted by molar-refractivity contribution is 5.74. The Kier molecular flexibility index (Phi) is 4.96. The third-order valence-corrected chi connectivity index (χ3v) is 4.01. The zero-order valence-corrected chi connectivity index (χ0v) is 12.5. The average molecular weight is 290 g/mol. The van der Waals surface area contributed by atoms with Crippen LogP contribution in [0.4, 0.5) is 0 Å². The van der Waals surface area contributed by atoms with Gasteiger partial charge in [0.25, 0.3) is 0 Å². The van der Waals surface area contributed by atoms with E-state index in [4.69, 9.17) is 5.11 Å². The van der Waals surface area contributed by atoms with E-state index in [9.17, 15) is 9.59 Å². The lowest BCUT2D eigenvalue weighted by atomic mass is 10.0. The predicted octanol–water partition coefficient (Wildman–Crippen LogP) is 1.58. The van der Waals surface area contributed by atoms with Crippen molar-refractivity contribution < 1.29 is 14.7 Å². The van der Waals surface area contributed by atoms with Crippen LogP contribution in [-0.4, -0.2) is 52.0 Å². The van der Waals surface area contributed by atoms with E-state index in [1.54, 1.807) is 4.90 Å². The summed E-state index contributed by atoms with van der Waals surface area (Å²) in [5, 5.41) is 9.13. The highest BCUT2D eigenvalue weighted by Gasteiger charge is 2.34. The van der Waals surface area contributed by atoms with E-state index in [2.05, 4.69) is 4.90 Å². The average Bonchev–Trinajstić information content (AvgIpc) is 2.42. The van der Waals surface area contributed by atoms with Gasteiger partial charge in [-0.25, -0.2) is 0 Å². The van der Waals surface area contributed by atoms with Crippen molar-refractivity contribution >= 4 is 11.9 Å². The standard InChI is InChI=1S/C16H22N2O3/c1-12-9-17(13(2)19)11-15(8-16(20)21)18(12)10-14-6-4-3-5-7-14/h3-7,12,15H,8-11H2,1-2H3,(H,20,21)/t12-,15+/m0/s1. The highest BCUT2D eigenvalue weighted by atomic mass is 16.4. The van der Waals surface area contributed by atoms with Gasteiger partial charge in [0.05, 0.1) is 6.42 Å². The number of hydrogen-bond acceptors (Lipinski definition) is 3. The molecule has 0 saturated carbocycles. The molecule has 0 aromatic heterocycles. The minimum absolute atomic E-state index is 0.0107. The zero-order valence-electron chi connectivity index (χ0n) is 12.5. The Morgan fingerprint density at radius 2 is 1.90 bits per heavy atom. The van der Waals surface area contributed by atoms with E-state index in [1.807, 2.05) is 37.3 Å². The molecule has 1 N–H and O–H groups in total. The van der Waals surface area contributed by atoms with Gasteiger partial charge in [0.2, 0.25) is 5.91 Å². The predicted molar refractivity (Wildman–Crippen MR) is 79.7 cm³/mol. The molecule has 0 unspecified atom stereocenters. The number of rotatable bonds is 4. The van der Waals surface area contributed by atoms with Crippen LogP contribution in [0.1, 0.15) is 25.8 Å². The first-order valence-electron chi connectivity index (χ1n) is 7.24. The molecule has 1 aromatic carbocycles. The van der Waals surface area contributed by atoms with Crippen LogP contribution in [0.3, 0.4) is 0 Å². The summed E-state index contributed by atoms with van der Waals surface area (Å²) >= 11 is 0. The van der Waals surface area contributed by atoms with Gasteiger partial charge < -0.3 is 10.0 Å². The molecule has 5 nitrogen and oxygen atoms in total. The summed E-state index contributed by atoms with van der Waals surface area (Å²) in [6, 6.07) is 10.0. The van der Waals surface area contributed by atoms with Crippen LogP contribution in [0.5, 0.6) is 0 Å². The molecular weight excluding hydrogens is 268 g/mol. The molecule has 1 heterocycles. The van der Waals surface area contributed by atoms with Gasteiger partial charge in [0.15, 0.2) is 0 Å². The lowest BCUT2D eigenvalue weighted by molar-refractivity contribution is -0.142. The van der Waals surface area contributed by atoms with Crippen molar-refractivity contribution in [1.82, 2.24) is 9.80 Å². The number of hydrogen-bond donors (Lipinski definition) is 1. The number of aliphatic carboxylic acids is 1. The lowest BCUT2D eigenvalue weighted by Gasteiger charge is -2.45. The summed E-state index contributed by atoms with van der Waals surface area (Å²) in [6.45, 7) is 5.44. The van der Waals surface area contributed by atoms with E-state index in [-0.39, 0.29) is 24.4 Å². The molecule has 1 fully saturated rings. The fourth-order valence-corrected chi connectivity index (χ4v) is 2.94. The van der Waals surface area contributed by atoms with Crippen LogP contribution >= 0.6 is 0 Å². The van der Waals surface area contributed by atoms with Crippen molar-refractivity contribution in [3.05, 3.63) is 35.9 Å². The molecular formula is C16H22N2O3. The Hall–Kier alpha value is -1.88. The number of carboxylic acid groups (broad SMARTS) is 1. The summed E-state index contributed by atoms with van der Waals surface area (Å²) in [4.78, 5) is 26.7. The second-order valence-corrected chi connectivity index (χ2v) is 5.68. The number of piperazine rings is 1. The first-order chi connectivity index (χ1) is 9.97. The number of benzene rings is 1. The van der Waals surface area contributed by atoms with Gasteiger partial charge >= 0.3 is 5.97 Å². The number of nitrogens with zero attached hydrogens (tertiary/aromatic N) is 2. The highest BCUT2D eigenvalue weighted by Crippen LogP contribution is 2.21. The normalized spacial score (nSPS) is 23.0. The fraction of sp³-hybridized carbons (Fsp3) is 0.500. The molecule has 2 rings (SSSR count). The molecule has 1 aliphatic rings. The molecule has 0 aliphatic carbocycles. The van der Waals surface area contributed by atoms with Crippen molar-refractivity contribution in [2.24, 2.45) is 0 Å². The van der Waals surface area contributed by atoms with E-state index in [1.165, 1.54) is 6.92 Å². The summed E-state index contributed by atoms with van der Waals surface area (Å²) in [6.07, 6.45) is 0.0565. The molecule has 1 amide bonds. The third-order valence-electron chi connectivity index (χ3n) is 4.01. The summed E-state index contributed by atoms with van der Waals surface area (Å²) < 4.78 is 0. The number of carboxylic acids is 1. The van der Waals surface area contributed by atoms with Crippen molar-refractivity contribution in [2.45, 2.75) is 38.9 Å². The number of carbonyl (C=O) groups excluding carboxylic acids is 1. The molecule has 1 saturated heterocycles. The minimum Gasteiger partial charge on any atom is -0.481 e. The molecule has 5 heteroatoms. The quantitative estimate of drug-likeness (QED) is 0.914. The maximum absolute atomic E-state index is 11.6. The van der Waals surface area contributed by atoms with Crippen molar-refractivity contribution in [2.75, 3.05) is 13.1 Å². The zero-order chi connectivity index (χ0) is 15.4. The van der Waals surface area contributed by atoms with Gasteiger partial charge in [-0.15, -0.1) is 0 Å². The molecule has 1 aliphatic heterocycles. The smallest absolute Gasteiger partial charge is 0.305 e.